The Kier molecular flexibility index (Phi) is 5.81. The molecule has 0 aliphatic carbocycles. The Labute approximate surface area is 172 Å². The van der Waals surface area contributed by atoms with Gasteiger partial charge >= 0.3 is 0 Å². The van der Waals surface area contributed by atoms with E-state index in [4.69, 9.17) is 0 Å². The highest BCUT2D eigenvalue weighted by Crippen LogP contribution is 2.34. The second-order valence-electron chi connectivity index (χ2n) is 7.71. The van der Waals surface area contributed by atoms with Gasteiger partial charge in [0.15, 0.2) is 0 Å². The number of unbranched alkanes of at least 4 members (excludes halogenated alkanes) is 2. The maximum atomic E-state index is 13.0. The molecule has 1 saturated heterocycles. The zero-order valence-electron chi connectivity index (χ0n) is 16.7. The van der Waals surface area contributed by atoms with E-state index in [1.807, 2.05) is 0 Å². The average molecular weight is 403 g/mol. The second-order valence-corrected chi connectivity index (χ2v) is 7.71. The molecule has 1 aromatic rings. The van der Waals surface area contributed by atoms with Crippen LogP contribution in [0.15, 0.2) is 18.2 Å². The van der Waals surface area contributed by atoms with Crippen LogP contribution in [0.3, 0.4) is 0 Å². The molecule has 2 aliphatic heterocycles. The van der Waals surface area contributed by atoms with Gasteiger partial charge in [-0.3, -0.25) is 34.2 Å². The molecule has 2 N–H and O–H groups in total. The van der Waals surface area contributed by atoms with Gasteiger partial charge in [-0.2, -0.15) is 0 Å². The lowest BCUT2D eigenvalue weighted by Gasteiger charge is -2.38. The molecule has 3 rings (SSSR count). The fraction of sp³-hybridized carbons (Fsp3) is 0.476. The molecule has 2 heterocycles. The van der Waals surface area contributed by atoms with Crippen molar-refractivity contribution in [1.29, 1.82) is 0 Å². The van der Waals surface area contributed by atoms with Crippen molar-refractivity contribution in [3.05, 3.63) is 34.9 Å². The first-order valence-electron chi connectivity index (χ1n) is 9.90. The first kappa shape index (κ1) is 20.7. The number of amides is 5. The Morgan fingerprint density at radius 1 is 1.17 bits per heavy atom. The third-order valence-electron chi connectivity index (χ3n) is 5.52. The first-order valence-corrected chi connectivity index (χ1v) is 9.90. The van der Waals surface area contributed by atoms with Crippen LogP contribution < -0.4 is 10.6 Å². The van der Waals surface area contributed by atoms with E-state index in [1.165, 1.54) is 6.92 Å². The Morgan fingerprint density at radius 3 is 2.59 bits per heavy atom. The highest BCUT2D eigenvalue weighted by molar-refractivity contribution is 6.24. The van der Waals surface area contributed by atoms with E-state index in [2.05, 4.69) is 17.6 Å². The van der Waals surface area contributed by atoms with Crippen LogP contribution in [0, 0.1) is 0 Å². The van der Waals surface area contributed by atoms with Crippen LogP contribution in [0.1, 0.15) is 81.5 Å². The van der Waals surface area contributed by atoms with Crippen molar-refractivity contribution in [3.8, 4) is 0 Å². The minimum Gasteiger partial charge on any atom is -0.352 e. The summed E-state index contributed by atoms with van der Waals surface area (Å²) in [5.41, 5.74) is -0.281. The Morgan fingerprint density at radius 2 is 1.90 bits per heavy atom. The van der Waals surface area contributed by atoms with Crippen LogP contribution in [0.4, 0.5) is 0 Å². The van der Waals surface area contributed by atoms with Crippen molar-refractivity contribution >= 4 is 29.5 Å². The molecule has 8 nitrogen and oxygen atoms in total. The lowest BCUT2D eigenvalue weighted by atomic mass is 9.89. The van der Waals surface area contributed by atoms with Crippen molar-refractivity contribution in [2.24, 2.45) is 0 Å². The molecule has 0 radical (unpaired) electrons. The number of carbonyl (C=O) groups is 5. The van der Waals surface area contributed by atoms with Crippen molar-refractivity contribution < 1.29 is 26.8 Å². The van der Waals surface area contributed by atoms with Gasteiger partial charge < -0.3 is 5.32 Å². The lowest BCUT2D eigenvalue weighted by molar-refractivity contribution is -0.141. The van der Waals surface area contributed by atoms with Crippen LogP contribution in [-0.4, -0.2) is 40.0 Å². The molecule has 0 unspecified atom stereocenters. The number of rotatable bonds is 7. The monoisotopic (exact) mass is 403 g/mol. The smallest absolute Gasteiger partial charge is 0.262 e. The molecule has 5 amide bonds. The number of fused-ring (bicyclic) bond motifs is 1. The zero-order chi connectivity index (χ0) is 21.2. The van der Waals surface area contributed by atoms with E-state index in [-0.39, 0.29) is 39.3 Å². The van der Waals surface area contributed by atoms with Crippen molar-refractivity contribution in [1.82, 2.24) is 15.5 Å². The fourth-order valence-corrected chi connectivity index (χ4v) is 3.68. The van der Waals surface area contributed by atoms with E-state index >= 15 is 0 Å². The number of hydrogen-bond acceptors (Lipinski definition) is 5. The molecule has 0 spiro atoms. The van der Waals surface area contributed by atoms with Gasteiger partial charge in [0.2, 0.25) is 11.8 Å². The fourth-order valence-electron chi connectivity index (χ4n) is 3.68. The summed E-state index contributed by atoms with van der Waals surface area (Å²) in [4.78, 5) is 62.5. The number of imide groups is 2. The normalized spacial score (nSPS) is 21.2. The molecule has 158 valence electrons. The maximum Gasteiger partial charge on any atom is 0.262 e. The Hall–Kier alpha value is -3.03. The number of benzene rings is 1. The molecular weight excluding hydrogens is 374 g/mol. The predicted octanol–water partition coefficient (Wildman–Crippen LogP) is 2.17. The lowest BCUT2D eigenvalue weighted by Crippen LogP contribution is -2.62. The summed E-state index contributed by atoms with van der Waals surface area (Å²) in [7, 11) is 0. The summed E-state index contributed by atoms with van der Waals surface area (Å²) in [6.45, 7) is 3.82. The number of nitrogens with zero attached hydrogens (tertiary/aromatic N) is 1. The minimum atomic E-state index is -1.41. The standard InChI is InChI=1S/C21H25N3O5.2H2/c1-3-4-5-6-16(25)22-12-13-7-8-14-15(11-13)19(28)24(18(14)27)21(2)10-9-17(26)23-20(21)29;;/h7-8,11H,3-6,9-10,12H2,1-2H3,(H,22,25)(H,23,26,29);2*1H/t21-;;/m0../s1. The van der Waals surface area contributed by atoms with Gasteiger partial charge in [-0.05, 0) is 37.5 Å². The van der Waals surface area contributed by atoms with Gasteiger partial charge in [-0.25, -0.2) is 0 Å². The van der Waals surface area contributed by atoms with Crippen molar-refractivity contribution in [2.75, 3.05) is 0 Å². The number of carbonyl (C=O) groups excluding carboxylic acids is 5. The largest absolute Gasteiger partial charge is 0.352 e. The number of nitrogens with one attached hydrogen (secondary N) is 2. The SMILES string of the molecule is CCCCCC(=O)NCc1ccc2c(c1)C(=O)N([C@@]1(C)CCC(=O)NC1=O)C2=O.[HH].[HH]. The zero-order valence-corrected chi connectivity index (χ0v) is 16.7. The highest BCUT2D eigenvalue weighted by atomic mass is 16.2. The third kappa shape index (κ3) is 3.92. The van der Waals surface area contributed by atoms with Crippen LogP contribution >= 0.6 is 0 Å². The minimum absolute atomic E-state index is 0. The van der Waals surface area contributed by atoms with E-state index in [0.29, 0.717) is 12.0 Å². The van der Waals surface area contributed by atoms with Gasteiger partial charge in [-0.1, -0.05) is 25.8 Å². The van der Waals surface area contributed by atoms with Crippen LogP contribution in [0.5, 0.6) is 0 Å². The van der Waals surface area contributed by atoms with E-state index in [0.717, 1.165) is 24.2 Å². The summed E-state index contributed by atoms with van der Waals surface area (Å²) in [5.74, 6) is -2.23. The van der Waals surface area contributed by atoms with Gasteiger partial charge in [0.1, 0.15) is 5.54 Å². The van der Waals surface area contributed by atoms with E-state index in [9.17, 15) is 24.0 Å². The summed E-state index contributed by atoms with van der Waals surface area (Å²) in [6, 6.07) is 4.81. The summed E-state index contributed by atoms with van der Waals surface area (Å²) in [5, 5.41) is 5.03. The van der Waals surface area contributed by atoms with Gasteiger partial charge in [0.25, 0.3) is 17.7 Å². The summed E-state index contributed by atoms with van der Waals surface area (Å²) >= 11 is 0. The number of hydrogen-bond donors (Lipinski definition) is 2. The molecule has 1 fully saturated rings. The predicted molar refractivity (Wildman–Crippen MR) is 108 cm³/mol. The molecule has 8 heteroatoms. The third-order valence-corrected chi connectivity index (χ3v) is 5.52. The van der Waals surface area contributed by atoms with Crippen LogP contribution in [0.2, 0.25) is 0 Å². The molecule has 2 aliphatic rings. The summed E-state index contributed by atoms with van der Waals surface area (Å²) in [6.07, 6.45) is 3.47. The molecular formula is C21H29N3O5. The molecule has 0 saturated carbocycles. The number of piperidine rings is 1. The average Bonchev–Trinajstić information content (AvgIpc) is 2.94. The highest BCUT2D eigenvalue weighted by Gasteiger charge is 2.52. The van der Waals surface area contributed by atoms with Crippen LogP contribution in [0.25, 0.3) is 0 Å². The van der Waals surface area contributed by atoms with E-state index < -0.39 is 29.2 Å². The van der Waals surface area contributed by atoms with Crippen LogP contribution in [-0.2, 0) is 20.9 Å². The quantitative estimate of drug-likeness (QED) is 0.535. The molecule has 1 aromatic carbocycles. The molecule has 0 bridgehead atoms. The van der Waals surface area contributed by atoms with Crippen molar-refractivity contribution in [2.45, 2.75) is 64.5 Å². The molecule has 0 aromatic heterocycles. The first-order chi connectivity index (χ1) is 13.8. The summed E-state index contributed by atoms with van der Waals surface area (Å²) < 4.78 is 0. The van der Waals surface area contributed by atoms with Gasteiger partial charge in [0.05, 0.1) is 11.1 Å². The molecule has 1 atom stereocenters. The van der Waals surface area contributed by atoms with Crippen molar-refractivity contribution in [3.63, 3.8) is 0 Å². The maximum absolute atomic E-state index is 13.0. The topological polar surface area (TPSA) is 113 Å². The van der Waals surface area contributed by atoms with E-state index in [1.54, 1.807) is 18.2 Å². The van der Waals surface area contributed by atoms with Gasteiger partial charge in [0, 0.05) is 22.2 Å². The second kappa shape index (κ2) is 8.14. The Balaban J connectivity index is 0.00000240. The Bertz CT molecular complexity index is 905. The van der Waals surface area contributed by atoms with Gasteiger partial charge in [-0.15, -0.1) is 0 Å². The molecule has 29 heavy (non-hydrogen) atoms.